The minimum atomic E-state index is -1.39. The monoisotopic (exact) mass is 516 g/mol. The second-order valence-corrected chi connectivity index (χ2v) is 9.92. The molecular formula is C28H37FN2O6. The van der Waals surface area contributed by atoms with Crippen molar-refractivity contribution in [1.29, 1.82) is 0 Å². The van der Waals surface area contributed by atoms with Gasteiger partial charge in [-0.3, -0.25) is 9.69 Å². The summed E-state index contributed by atoms with van der Waals surface area (Å²) in [4.78, 5) is 15.8. The molecule has 0 radical (unpaired) electrons. The quantitative estimate of drug-likeness (QED) is 0.444. The molecule has 2 fully saturated rings. The zero-order chi connectivity index (χ0) is 26.3. The normalized spacial score (nSPS) is 26.6. The molecule has 2 aromatic carbocycles. The van der Waals surface area contributed by atoms with Crippen LogP contribution in [0.2, 0.25) is 0 Å². The Hall–Kier alpha value is -2.40. The maximum absolute atomic E-state index is 13.6. The Morgan fingerprint density at radius 2 is 1.86 bits per heavy atom. The molecule has 202 valence electrons. The van der Waals surface area contributed by atoms with Crippen molar-refractivity contribution < 1.29 is 33.6 Å². The van der Waals surface area contributed by atoms with Gasteiger partial charge in [0.15, 0.2) is 5.60 Å². The molecule has 3 N–H and O–H groups in total. The number of hydrogen-bond acceptors (Lipinski definition) is 7. The third kappa shape index (κ3) is 7.56. The number of amides is 1. The summed E-state index contributed by atoms with van der Waals surface area (Å²) in [6.45, 7) is 6.34. The molecule has 1 unspecified atom stereocenters. The molecule has 1 aliphatic carbocycles. The standard InChI is InChI=1S/C28H37FN2O6/c1-20-3-2-4-22(15-20)19-37-28(27(34)30-9-10-31-11-13-35-14-12-31)16-24(32)26(33)25(17-28)36-18-21-5-7-23(29)8-6-21/h2-8,15,24-26,32-33H,9-14,16-19H2,1H3,(H,30,34)/t24-,25?,26-,28+/m1/s1. The fraction of sp³-hybridized carbons (Fsp3) is 0.536. The summed E-state index contributed by atoms with van der Waals surface area (Å²) >= 11 is 0. The summed E-state index contributed by atoms with van der Waals surface area (Å²) in [6, 6.07) is 13.7. The number of ether oxygens (including phenoxy) is 3. The summed E-state index contributed by atoms with van der Waals surface area (Å²) in [5.74, 6) is -0.691. The van der Waals surface area contributed by atoms with Crippen LogP contribution in [-0.4, -0.2) is 84.3 Å². The van der Waals surface area contributed by atoms with Crippen LogP contribution in [-0.2, 0) is 32.2 Å². The van der Waals surface area contributed by atoms with Crippen LogP contribution in [0.1, 0.15) is 29.5 Å². The molecule has 0 spiro atoms. The molecule has 2 aliphatic rings. The highest BCUT2D eigenvalue weighted by Crippen LogP contribution is 2.35. The number of aryl methyl sites for hydroxylation is 1. The predicted molar refractivity (Wildman–Crippen MR) is 135 cm³/mol. The number of carbonyl (C=O) groups is 1. The number of benzene rings is 2. The van der Waals surface area contributed by atoms with Crippen LogP contribution in [0.3, 0.4) is 0 Å². The Morgan fingerprint density at radius 3 is 2.59 bits per heavy atom. The van der Waals surface area contributed by atoms with E-state index in [1.54, 1.807) is 12.1 Å². The van der Waals surface area contributed by atoms with Gasteiger partial charge < -0.3 is 29.7 Å². The van der Waals surface area contributed by atoms with Crippen molar-refractivity contribution in [3.8, 4) is 0 Å². The molecule has 0 aromatic heterocycles. The van der Waals surface area contributed by atoms with Crippen LogP contribution in [0.15, 0.2) is 48.5 Å². The topological polar surface area (TPSA) is 100 Å². The van der Waals surface area contributed by atoms with E-state index >= 15 is 0 Å². The van der Waals surface area contributed by atoms with E-state index in [-0.39, 0.29) is 37.8 Å². The second-order valence-electron chi connectivity index (χ2n) is 9.92. The van der Waals surface area contributed by atoms with Crippen molar-refractivity contribution in [3.63, 3.8) is 0 Å². The molecule has 4 atom stereocenters. The molecule has 2 aromatic rings. The number of nitrogens with zero attached hydrogens (tertiary/aromatic N) is 1. The SMILES string of the molecule is Cc1cccc(CO[C@]2(C(=O)NCCN3CCOCC3)CC(OCc3ccc(F)cc3)[C@H](O)[C@H](O)C2)c1. The van der Waals surface area contributed by atoms with Crippen molar-refractivity contribution in [3.05, 3.63) is 71.0 Å². The van der Waals surface area contributed by atoms with E-state index < -0.39 is 23.9 Å². The Morgan fingerprint density at radius 1 is 1.11 bits per heavy atom. The van der Waals surface area contributed by atoms with E-state index in [1.807, 2.05) is 31.2 Å². The number of aliphatic hydroxyl groups excluding tert-OH is 2. The lowest BCUT2D eigenvalue weighted by molar-refractivity contribution is -0.200. The van der Waals surface area contributed by atoms with Gasteiger partial charge in [0.25, 0.3) is 5.91 Å². The van der Waals surface area contributed by atoms with E-state index in [0.29, 0.717) is 26.3 Å². The maximum atomic E-state index is 13.6. The molecule has 0 bridgehead atoms. The molecule has 1 heterocycles. The molecular weight excluding hydrogens is 479 g/mol. The predicted octanol–water partition coefficient (Wildman–Crippen LogP) is 1.94. The molecule has 37 heavy (non-hydrogen) atoms. The Labute approximate surface area is 217 Å². The van der Waals surface area contributed by atoms with Crippen LogP contribution in [0.4, 0.5) is 4.39 Å². The first-order valence-electron chi connectivity index (χ1n) is 12.8. The second kappa shape index (κ2) is 12.9. The maximum Gasteiger partial charge on any atom is 0.252 e. The summed E-state index contributed by atoms with van der Waals surface area (Å²) in [6.07, 6.45) is -3.23. The van der Waals surface area contributed by atoms with Crippen molar-refractivity contribution in [1.82, 2.24) is 10.2 Å². The first-order chi connectivity index (χ1) is 17.8. The molecule has 1 saturated heterocycles. The number of halogens is 1. The van der Waals surface area contributed by atoms with Gasteiger partial charge in [-0.1, -0.05) is 42.0 Å². The Bertz CT molecular complexity index is 1020. The number of aliphatic hydroxyl groups is 2. The van der Waals surface area contributed by atoms with Gasteiger partial charge in [0.1, 0.15) is 11.9 Å². The van der Waals surface area contributed by atoms with Gasteiger partial charge in [0.2, 0.25) is 0 Å². The Balaban J connectivity index is 1.47. The van der Waals surface area contributed by atoms with Gasteiger partial charge in [-0.2, -0.15) is 0 Å². The van der Waals surface area contributed by atoms with E-state index in [2.05, 4.69) is 10.2 Å². The molecule has 4 rings (SSSR count). The largest absolute Gasteiger partial charge is 0.390 e. The van der Waals surface area contributed by atoms with Crippen molar-refractivity contribution in [2.45, 2.75) is 56.9 Å². The third-order valence-corrected chi connectivity index (χ3v) is 7.05. The Kier molecular flexibility index (Phi) is 9.64. The van der Waals surface area contributed by atoms with Gasteiger partial charge in [0.05, 0.1) is 38.6 Å². The van der Waals surface area contributed by atoms with E-state index in [9.17, 15) is 19.4 Å². The third-order valence-electron chi connectivity index (χ3n) is 7.05. The average molecular weight is 517 g/mol. The van der Waals surface area contributed by atoms with Gasteiger partial charge in [0, 0.05) is 39.0 Å². The zero-order valence-electron chi connectivity index (χ0n) is 21.3. The zero-order valence-corrected chi connectivity index (χ0v) is 21.3. The summed E-state index contributed by atoms with van der Waals surface area (Å²) in [5.41, 5.74) is 1.31. The van der Waals surface area contributed by atoms with E-state index in [1.165, 1.54) is 12.1 Å². The van der Waals surface area contributed by atoms with Crippen molar-refractivity contribution in [2.75, 3.05) is 39.4 Å². The lowest BCUT2D eigenvalue weighted by atomic mass is 9.78. The lowest BCUT2D eigenvalue weighted by Gasteiger charge is -2.44. The van der Waals surface area contributed by atoms with Gasteiger partial charge >= 0.3 is 0 Å². The van der Waals surface area contributed by atoms with Crippen LogP contribution in [0, 0.1) is 12.7 Å². The van der Waals surface area contributed by atoms with E-state index in [4.69, 9.17) is 14.2 Å². The fourth-order valence-corrected chi connectivity index (χ4v) is 4.88. The van der Waals surface area contributed by atoms with Gasteiger partial charge in [-0.25, -0.2) is 4.39 Å². The van der Waals surface area contributed by atoms with Gasteiger partial charge in [-0.15, -0.1) is 0 Å². The molecule has 1 saturated carbocycles. The average Bonchev–Trinajstić information content (AvgIpc) is 2.90. The number of nitrogens with one attached hydrogen (secondary N) is 1. The molecule has 9 heteroatoms. The van der Waals surface area contributed by atoms with Crippen molar-refractivity contribution >= 4 is 5.91 Å². The molecule has 1 amide bonds. The fourth-order valence-electron chi connectivity index (χ4n) is 4.88. The number of morpholine rings is 1. The molecule has 1 aliphatic heterocycles. The highest BCUT2D eigenvalue weighted by molar-refractivity contribution is 5.85. The summed E-state index contributed by atoms with van der Waals surface area (Å²) in [7, 11) is 0. The van der Waals surface area contributed by atoms with Gasteiger partial charge in [-0.05, 0) is 30.2 Å². The first kappa shape index (κ1) is 27.6. The summed E-state index contributed by atoms with van der Waals surface area (Å²) in [5, 5.41) is 24.5. The lowest BCUT2D eigenvalue weighted by Crippen LogP contribution is -2.61. The summed E-state index contributed by atoms with van der Waals surface area (Å²) < 4.78 is 30.9. The minimum absolute atomic E-state index is 0.0558. The minimum Gasteiger partial charge on any atom is -0.390 e. The van der Waals surface area contributed by atoms with Crippen LogP contribution < -0.4 is 5.32 Å². The first-order valence-corrected chi connectivity index (χ1v) is 12.8. The number of rotatable bonds is 10. The van der Waals surface area contributed by atoms with Crippen LogP contribution >= 0.6 is 0 Å². The van der Waals surface area contributed by atoms with Crippen LogP contribution in [0.5, 0.6) is 0 Å². The van der Waals surface area contributed by atoms with Crippen LogP contribution in [0.25, 0.3) is 0 Å². The van der Waals surface area contributed by atoms with E-state index in [0.717, 1.165) is 29.8 Å². The molecule has 8 nitrogen and oxygen atoms in total. The highest BCUT2D eigenvalue weighted by atomic mass is 19.1. The number of hydrogen-bond donors (Lipinski definition) is 3. The highest BCUT2D eigenvalue weighted by Gasteiger charge is 2.51. The smallest absolute Gasteiger partial charge is 0.252 e. The number of carbonyl (C=O) groups excluding carboxylic acids is 1. The van der Waals surface area contributed by atoms with Crippen molar-refractivity contribution in [2.24, 2.45) is 0 Å².